The van der Waals surface area contributed by atoms with E-state index in [1.165, 1.54) is 0 Å². The zero-order valence-electron chi connectivity index (χ0n) is 6.26. The van der Waals surface area contributed by atoms with Gasteiger partial charge in [0.05, 0.1) is 6.61 Å². The minimum Gasteiger partial charge on any atom is -0.392 e. The molecule has 0 radical (unpaired) electrons. The molecule has 0 aromatic carbocycles. The second-order valence-electron chi connectivity index (χ2n) is 1.87. The first kappa shape index (κ1) is 10.4. The third kappa shape index (κ3) is 4.76. The van der Waals surface area contributed by atoms with Crippen molar-refractivity contribution in [3.63, 3.8) is 0 Å². The van der Waals surface area contributed by atoms with Crippen LogP contribution in [0, 0.1) is 0 Å². The van der Waals surface area contributed by atoms with Crippen LogP contribution in [0.25, 0.3) is 0 Å². The lowest BCUT2D eigenvalue weighted by molar-refractivity contribution is 0.335. The summed E-state index contributed by atoms with van der Waals surface area (Å²) in [7, 11) is 0. The number of allylic oxidation sites excluding steroid dienone is 4. The highest BCUT2D eigenvalue weighted by Gasteiger charge is 1.88. The summed E-state index contributed by atoms with van der Waals surface area (Å²) in [6.07, 6.45) is 6.82. The van der Waals surface area contributed by atoms with Gasteiger partial charge in [-0.15, -0.1) is 0 Å². The summed E-state index contributed by atoms with van der Waals surface area (Å²) < 4.78 is 0.847. The molecule has 0 aromatic rings. The number of rotatable bonds is 4. The van der Waals surface area contributed by atoms with E-state index in [2.05, 4.69) is 29.1 Å². The first-order valence-electron chi connectivity index (χ1n) is 3.16. The Balaban J connectivity index is 4.40. The van der Waals surface area contributed by atoms with Gasteiger partial charge >= 0.3 is 0 Å². The zero-order valence-corrected chi connectivity index (χ0v) is 7.84. The summed E-state index contributed by atoms with van der Waals surface area (Å²) >= 11 is 3.25. The van der Waals surface area contributed by atoms with Crippen LogP contribution in [0.15, 0.2) is 47.5 Å². The fourth-order valence-corrected chi connectivity index (χ4v) is 0.828. The predicted molar refractivity (Wildman–Crippen MR) is 52.6 cm³/mol. The van der Waals surface area contributed by atoms with Crippen molar-refractivity contribution < 1.29 is 5.11 Å². The molecule has 2 heteroatoms. The summed E-state index contributed by atoms with van der Waals surface area (Å²) in [5.41, 5.74) is 0.798. The topological polar surface area (TPSA) is 20.2 Å². The first-order chi connectivity index (χ1) is 5.24. The molecule has 0 rings (SSSR count). The maximum atomic E-state index is 8.79. The smallest absolute Gasteiger partial charge is 0.0682 e. The van der Waals surface area contributed by atoms with E-state index in [4.69, 9.17) is 5.11 Å². The highest BCUT2D eigenvalue weighted by atomic mass is 79.9. The maximum absolute atomic E-state index is 8.79. The Labute approximate surface area is 75.6 Å². The van der Waals surface area contributed by atoms with Crippen molar-refractivity contribution in [2.24, 2.45) is 0 Å². The van der Waals surface area contributed by atoms with Crippen LogP contribution in [0.5, 0.6) is 0 Å². The molecule has 0 heterocycles. The Kier molecular flexibility index (Phi) is 5.80. The summed E-state index contributed by atoms with van der Waals surface area (Å²) in [5.74, 6) is 0. The van der Waals surface area contributed by atoms with Gasteiger partial charge in [-0.3, -0.25) is 0 Å². The van der Waals surface area contributed by atoms with Crippen molar-refractivity contribution in [1.29, 1.82) is 0 Å². The van der Waals surface area contributed by atoms with Gasteiger partial charge in [0, 0.05) is 4.48 Å². The summed E-state index contributed by atoms with van der Waals surface area (Å²) in [6.45, 7) is 7.09. The number of aliphatic hydroxyl groups excluding tert-OH is 1. The molecule has 0 spiro atoms. The fourth-order valence-electron chi connectivity index (χ4n) is 0.534. The van der Waals surface area contributed by atoms with Gasteiger partial charge in [0.25, 0.3) is 0 Å². The van der Waals surface area contributed by atoms with Crippen molar-refractivity contribution in [2.45, 2.75) is 0 Å². The molecular formula is C9H11BrO. The van der Waals surface area contributed by atoms with Crippen molar-refractivity contribution in [3.05, 3.63) is 47.5 Å². The van der Waals surface area contributed by atoms with Crippen LogP contribution in [0.3, 0.4) is 0 Å². The van der Waals surface area contributed by atoms with Gasteiger partial charge in [-0.1, -0.05) is 47.3 Å². The molecule has 0 unspecified atom stereocenters. The van der Waals surface area contributed by atoms with Crippen LogP contribution in [-0.2, 0) is 0 Å². The lowest BCUT2D eigenvalue weighted by atomic mass is 10.2. The third-order valence-electron chi connectivity index (χ3n) is 1.03. The largest absolute Gasteiger partial charge is 0.392 e. The fraction of sp³-hybridized carbons (Fsp3) is 0.111. The van der Waals surface area contributed by atoms with Crippen molar-refractivity contribution in [1.82, 2.24) is 0 Å². The predicted octanol–water partition coefficient (Wildman–Crippen LogP) is 2.56. The van der Waals surface area contributed by atoms with Gasteiger partial charge in [-0.25, -0.2) is 0 Å². The van der Waals surface area contributed by atoms with Gasteiger partial charge in [0.2, 0.25) is 0 Å². The molecule has 60 valence electrons. The van der Waals surface area contributed by atoms with Crippen molar-refractivity contribution in [2.75, 3.05) is 6.61 Å². The first-order valence-corrected chi connectivity index (χ1v) is 3.96. The molecule has 0 aliphatic rings. The monoisotopic (exact) mass is 214 g/mol. The van der Waals surface area contributed by atoms with E-state index in [1.54, 1.807) is 24.3 Å². The van der Waals surface area contributed by atoms with Crippen LogP contribution in [-0.4, -0.2) is 11.7 Å². The molecule has 0 fully saturated rings. The number of halogens is 1. The normalized spacial score (nSPS) is 12.9. The Morgan fingerprint density at radius 2 is 2.09 bits per heavy atom. The van der Waals surface area contributed by atoms with Crippen molar-refractivity contribution >= 4 is 15.9 Å². The van der Waals surface area contributed by atoms with Gasteiger partial charge < -0.3 is 5.11 Å². The van der Waals surface area contributed by atoms with Crippen LogP contribution in [0.1, 0.15) is 0 Å². The highest BCUT2D eigenvalue weighted by molar-refractivity contribution is 9.11. The third-order valence-corrected chi connectivity index (χ3v) is 1.59. The van der Waals surface area contributed by atoms with E-state index in [0.29, 0.717) is 0 Å². The van der Waals surface area contributed by atoms with Gasteiger partial charge in [-0.05, 0) is 11.6 Å². The number of aliphatic hydroxyl groups is 1. The van der Waals surface area contributed by atoms with E-state index < -0.39 is 0 Å². The van der Waals surface area contributed by atoms with E-state index in [-0.39, 0.29) is 6.61 Å². The maximum Gasteiger partial charge on any atom is 0.0682 e. The standard InChI is InChI=1S/C9H11BrO/c1-3-5-8(7-11)6-9(10)4-2/h3-6,11H,1-2,7H2/b8-5+,9-6+. The summed E-state index contributed by atoms with van der Waals surface area (Å²) in [4.78, 5) is 0. The van der Waals surface area contributed by atoms with Gasteiger partial charge in [0.1, 0.15) is 0 Å². The van der Waals surface area contributed by atoms with E-state index in [1.807, 2.05) is 0 Å². The van der Waals surface area contributed by atoms with Gasteiger partial charge in [-0.2, -0.15) is 0 Å². The minimum absolute atomic E-state index is 0.00889. The molecular weight excluding hydrogens is 204 g/mol. The van der Waals surface area contributed by atoms with Crippen LogP contribution >= 0.6 is 15.9 Å². The Hall–Kier alpha value is -0.600. The van der Waals surface area contributed by atoms with Crippen molar-refractivity contribution in [3.8, 4) is 0 Å². The minimum atomic E-state index is 0.00889. The average Bonchev–Trinajstić information content (AvgIpc) is 2.03. The molecule has 0 aliphatic heterocycles. The van der Waals surface area contributed by atoms with Gasteiger partial charge in [0.15, 0.2) is 0 Å². The number of hydrogen-bond acceptors (Lipinski definition) is 1. The molecule has 0 aliphatic carbocycles. The molecule has 0 atom stereocenters. The van der Waals surface area contributed by atoms with Crippen LogP contribution < -0.4 is 0 Å². The summed E-state index contributed by atoms with van der Waals surface area (Å²) in [5, 5.41) is 8.79. The van der Waals surface area contributed by atoms with Crippen LogP contribution in [0.4, 0.5) is 0 Å². The lowest BCUT2D eigenvalue weighted by Crippen LogP contribution is -1.85. The highest BCUT2D eigenvalue weighted by Crippen LogP contribution is 2.09. The SMILES string of the molecule is C=C/C=C(\C=C(\Br)C=C)CO. The number of hydrogen-bond donors (Lipinski definition) is 1. The molecule has 0 amide bonds. The molecule has 0 saturated carbocycles. The molecule has 0 bridgehead atoms. The quantitative estimate of drug-likeness (QED) is 0.714. The molecule has 0 saturated heterocycles. The van der Waals surface area contributed by atoms with E-state index in [0.717, 1.165) is 10.1 Å². The molecule has 0 aromatic heterocycles. The Morgan fingerprint density at radius 1 is 1.45 bits per heavy atom. The van der Waals surface area contributed by atoms with E-state index >= 15 is 0 Å². The Bertz CT molecular complexity index is 202. The molecule has 1 nitrogen and oxygen atoms in total. The van der Waals surface area contributed by atoms with Crippen LogP contribution in [0.2, 0.25) is 0 Å². The average molecular weight is 215 g/mol. The summed E-state index contributed by atoms with van der Waals surface area (Å²) in [6, 6.07) is 0. The second kappa shape index (κ2) is 6.13. The second-order valence-corrected chi connectivity index (χ2v) is 2.78. The molecule has 11 heavy (non-hydrogen) atoms. The van der Waals surface area contributed by atoms with E-state index in [9.17, 15) is 0 Å². The molecule has 1 N–H and O–H groups in total. The zero-order chi connectivity index (χ0) is 8.69. The lowest BCUT2D eigenvalue weighted by Gasteiger charge is -1.94. The Morgan fingerprint density at radius 3 is 2.45 bits per heavy atom.